The Kier molecular flexibility index (Phi) is 2.79. The van der Waals surface area contributed by atoms with E-state index in [0.717, 1.165) is 19.8 Å². The normalized spacial score (nSPS) is 10.6. The molecule has 1 N–H and O–H groups in total. The number of H-pyrrole nitrogens is 1. The Morgan fingerprint density at radius 1 is 1.47 bits per heavy atom. The van der Waals surface area contributed by atoms with Crippen LogP contribution in [-0.2, 0) is 4.74 Å². The van der Waals surface area contributed by atoms with Crippen LogP contribution in [0.3, 0.4) is 0 Å². The molecule has 78 valence electrons. The highest BCUT2D eigenvalue weighted by molar-refractivity contribution is 9.11. The fraction of sp³-hybridized carbons (Fsp3) is 0.111. The maximum absolute atomic E-state index is 11.4. The quantitative estimate of drug-likeness (QED) is 0.816. The maximum Gasteiger partial charge on any atom is 0.359 e. The van der Waals surface area contributed by atoms with Crippen molar-refractivity contribution in [1.29, 1.82) is 0 Å². The number of methoxy groups -OCH3 is 1. The summed E-state index contributed by atoms with van der Waals surface area (Å²) >= 11 is 6.73. The van der Waals surface area contributed by atoms with Crippen molar-refractivity contribution in [3.63, 3.8) is 0 Å². The Labute approximate surface area is 102 Å². The predicted molar refractivity (Wildman–Crippen MR) is 62.8 cm³/mol. The van der Waals surface area contributed by atoms with Crippen molar-refractivity contribution >= 4 is 48.7 Å². The summed E-state index contributed by atoms with van der Waals surface area (Å²) < 4.78 is 6.33. The van der Waals surface area contributed by atoms with Gasteiger partial charge in [-0.15, -0.1) is 0 Å². The number of benzene rings is 1. The molecule has 0 saturated carbocycles. The summed E-state index contributed by atoms with van der Waals surface area (Å²) in [6, 6.07) is 3.70. The first-order valence-corrected chi connectivity index (χ1v) is 5.63. The molecule has 1 heterocycles. The minimum Gasteiger partial charge on any atom is -0.464 e. The fourth-order valence-corrected chi connectivity index (χ4v) is 2.73. The molecule has 1 aromatic heterocycles. The molecule has 0 unspecified atom stereocenters. The van der Waals surface area contributed by atoms with E-state index >= 15 is 0 Å². The largest absolute Gasteiger partial charge is 0.464 e. The average Bonchev–Trinajstić information content (AvgIpc) is 2.60. The summed E-state index contributed by atoms with van der Waals surface area (Å²) in [5.74, 6) is -0.454. The molecule has 0 spiro atoms. The molecule has 0 fully saturated rings. The highest BCUT2D eigenvalue weighted by Crippen LogP contribution is 2.29. The molecule has 0 atom stereocenters. The van der Waals surface area contributed by atoms with Crippen molar-refractivity contribution in [1.82, 2.24) is 10.2 Å². The number of hydrogen-bond donors (Lipinski definition) is 1. The number of carbonyl (C=O) groups excluding carboxylic acids is 1. The lowest BCUT2D eigenvalue weighted by molar-refractivity contribution is 0.0596. The second kappa shape index (κ2) is 3.94. The summed E-state index contributed by atoms with van der Waals surface area (Å²) in [7, 11) is 1.33. The lowest BCUT2D eigenvalue weighted by Gasteiger charge is -1.98. The first kappa shape index (κ1) is 10.6. The van der Waals surface area contributed by atoms with Gasteiger partial charge in [-0.2, -0.15) is 5.10 Å². The van der Waals surface area contributed by atoms with Crippen LogP contribution in [0.5, 0.6) is 0 Å². The number of ether oxygens (including phenoxy) is 1. The number of aromatic nitrogens is 2. The van der Waals surface area contributed by atoms with E-state index in [1.165, 1.54) is 7.11 Å². The molecular formula is C9H6Br2N2O2. The molecule has 1 aromatic carbocycles. The number of nitrogens with one attached hydrogen (secondary N) is 1. The number of fused-ring (bicyclic) bond motifs is 1. The van der Waals surface area contributed by atoms with Gasteiger partial charge in [0.2, 0.25) is 0 Å². The molecule has 0 amide bonds. The molecular weight excluding hydrogens is 328 g/mol. The number of rotatable bonds is 1. The summed E-state index contributed by atoms with van der Waals surface area (Å²) in [5, 5.41) is 7.42. The van der Waals surface area contributed by atoms with Gasteiger partial charge >= 0.3 is 5.97 Å². The van der Waals surface area contributed by atoms with Crippen LogP contribution in [0.4, 0.5) is 0 Å². The lowest BCUT2D eigenvalue weighted by atomic mass is 10.2. The van der Waals surface area contributed by atoms with Crippen LogP contribution in [0, 0.1) is 0 Å². The van der Waals surface area contributed by atoms with E-state index in [-0.39, 0.29) is 5.69 Å². The third kappa shape index (κ3) is 1.79. The summed E-state index contributed by atoms with van der Waals surface area (Å²) in [4.78, 5) is 11.4. The van der Waals surface area contributed by atoms with E-state index < -0.39 is 5.97 Å². The Morgan fingerprint density at radius 2 is 2.20 bits per heavy atom. The van der Waals surface area contributed by atoms with E-state index in [1.54, 1.807) is 0 Å². The van der Waals surface area contributed by atoms with Gasteiger partial charge in [-0.25, -0.2) is 4.79 Å². The van der Waals surface area contributed by atoms with E-state index in [9.17, 15) is 4.79 Å². The number of halogens is 2. The van der Waals surface area contributed by atoms with Crippen LogP contribution in [0.25, 0.3) is 10.9 Å². The number of esters is 1. The average molecular weight is 334 g/mol. The zero-order valence-electron chi connectivity index (χ0n) is 7.67. The Balaban J connectivity index is 2.74. The molecule has 0 aliphatic rings. The van der Waals surface area contributed by atoms with Gasteiger partial charge in [0.15, 0.2) is 5.69 Å². The van der Waals surface area contributed by atoms with Crippen LogP contribution in [0.15, 0.2) is 21.1 Å². The van der Waals surface area contributed by atoms with Crippen LogP contribution >= 0.6 is 31.9 Å². The SMILES string of the molecule is COC(=O)c1n[nH]c2cc(Br)cc(Br)c12. The number of hydrogen-bond acceptors (Lipinski definition) is 3. The van der Waals surface area contributed by atoms with Gasteiger partial charge in [-0.3, -0.25) is 5.10 Å². The first-order valence-electron chi connectivity index (χ1n) is 4.05. The van der Waals surface area contributed by atoms with E-state index in [4.69, 9.17) is 0 Å². The standard InChI is InChI=1S/C9H6Br2N2O2/c1-15-9(14)8-7-5(11)2-4(10)3-6(7)12-13-8/h2-3H,1H3,(H,12,13). The maximum atomic E-state index is 11.4. The summed E-state index contributed by atoms with van der Waals surface area (Å²) in [6.45, 7) is 0. The minimum atomic E-state index is -0.454. The lowest BCUT2D eigenvalue weighted by Crippen LogP contribution is -2.02. The van der Waals surface area contributed by atoms with Crippen molar-refractivity contribution < 1.29 is 9.53 Å². The minimum absolute atomic E-state index is 0.284. The highest BCUT2D eigenvalue weighted by Gasteiger charge is 2.17. The Hall–Kier alpha value is -0.880. The first-order chi connectivity index (χ1) is 7.13. The van der Waals surface area contributed by atoms with Crippen molar-refractivity contribution in [2.45, 2.75) is 0 Å². The molecule has 0 aliphatic heterocycles. The number of nitrogens with zero attached hydrogens (tertiary/aromatic N) is 1. The summed E-state index contributed by atoms with van der Waals surface area (Å²) in [5.41, 5.74) is 1.06. The molecule has 0 radical (unpaired) electrons. The predicted octanol–water partition coefficient (Wildman–Crippen LogP) is 2.87. The van der Waals surface area contributed by atoms with Crippen molar-refractivity contribution in [3.05, 3.63) is 26.8 Å². The van der Waals surface area contributed by atoms with Crippen molar-refractivity contribution in [2.24, 2.45) is 0 Å². The molecule has 2 aromatic rings. The third-order valence-corrected chi connectivity index (χ3v) is 3.04. The van der Waals surface area contributed by atoms with Gasteiger partial charge in [0.1, 0.15) is 0 Å². The molecule has 2 rings (SSSR count). The van der Waals surface area contributed by atoms with Gasteiger partial charge in [0.25, 0.3) is 0 Å². The Bertz CT molecular complexity index is 536. The van der Waals surface area contributed by atoms with E-state index in [1.807, 2.05) is 12.1 Å². The highest BCUT2D eigenvalue weighted by atomic mass is 79.9. The zero-order chi connectivity index (χ0) is 11.0. The number of aromatic amines is 1. The van der Waals surface area contributed by atoms with Gasteiger partial charge in [0, 0.05) is 14.3 Å². The zero-order valence-corrected chi connectivity index (χ0v) is 10.8. The molecule has 0 saturated heterocycles. The molecule has 0 bridgehead atoms. The topological polar surface area (TPSA) is 55.0 Å². The van der Waals surface area contributed by atoms with Crippen LogP contribution in [-0.4, -0.2) is 23.3 Å². The van der Waals surface area contributed by atoms with Crippen LogP contribution in [0.1, 0.15) is 10.5 Å². The molecule has 15 heavy (non-hydrogen) atoms. The second-order valence-electron chi connectivity index (χ2n) is 2.87. The van der Waals surface area contributed by atoms with Gasteiger partial charge in [-0.1, -0.05) is 15.9 Å². The second-order valence-corrected chi connectivity index (χ2v) is 4.64. The van der Waals surface area contributed by atoms with Gasteiger partial charge < -0.3 is 4.74 Å². The van der Waals surface area contributed by atoms with Crippen LogP contribution < -0.4 is 0 Å². The van der Waals surface area contributed by atoms with Crippen molar-refractivity contribution in [2.75, 3.05) is 7.11 Å². The van der Waals surface area contributed by atoms with Crippen molar-refractivity contribution in [3.8, 4) is 0 Å². The van der Waals surface area contributed by atoms with Gasteiger partial charge in [0.05, 0.1) is 12.6 Å². The molecule has 4 nitrogen and oxygen atoms in total. The monoisotopic (exact) mass is 332 g/mol. The Morgan fingerprint density at radius 3 is 2.87 bits per heavy atom. The van der Waals surface area contributed by atoms with E-state index in [0.29, 0.717) is 0 Å². The van der Waals surface area contributed by atoms with Gasteiger partial charge in [-0.05, 0) is 28.1 Å². The number of carbonyl (C=O) groups is 1. The summed E-state index contributed by atoms with van der Waals surface area (Å²) in [6.07, 6.45) is 0. The smallest absolute Gasteiger partial charge is 0.359 e. The molecule has 6 heteroatoms. The third-order valence-electron chi connectivity index (χ3n) is 1.96. The fourth-order valence-electron chi connectivity index (χ4n) is 1.32. The van der Waals surface area contributed by atoms with E-state index in [2.05, 4.69) is 46.8 Å². The van der Waals surface area contributed by atoms with Crippen LogP contribution in [0.2, 0.25) is 0 Å². The molecule has 0 aliphatic carbocycles.